The van der Waals surface area contributed by atoms with Crippen molar-refractivity contribution in [3.63, 3.8) is 0 Å². The van der Waals surface area contributed by atoms with E-state index in [9.17, 15) is 9.59 Å². The van der Waals surface area contributed by atoms with Gasteiger partial charge in [-0.1, -0.05) is 0 Å². The average molecular weight is 225 g/mol. The van der Waals surface area contributed by atoms with Crippen molar-refractivity contribution in [2.75, 3.05) is 39.8 Å². The van der Waals surface area contributed by atoms with Crippen LogP contribution in [0.5, 0.6) is 0 Å². The highest BCUT2D eigenvalue weighted by Gasteiger charge is 2.33. The first kappa shape index (κ1) is 11.4. The lowest BCUT2D eigenvalue weighted by molar-refractivity contribution is -0.140. The van der Waals surface area contributed by atoms with Gasteiger partial charge in [-0.2, -0.15) is 0 Å². The molecule has 5 nitrogen and oxygen atoms in total. The molecule has 2 rings (SSSR count). The molecule has 0 unspecified atom stereocenters. The van der Waals surface area contributed by atoms with Crippen LogP contribution >= 0.6 is 0 Å². The predicted molar refractivity (Wildman–Crippen MR) is 59.9 cm³/mol. The molecule has 2 fully saturated rings. The van der Waals surface area contributed by atoms with Crippen molar-refractivity contribution in [1.29, 1.82) is 0 Å². The summed E-state index contributed by atoms with van der Waals surface area (Å²) in [5.74, 6) is 0.137. The summed E-state index contributed by atoms with van der Waals surface area (Å²) in [5, 5.41) is 0. The van der Waals surface area contributed by atoms with Gasteiger partial charge >= 0.3 is 0 Å². The molecule has 2 aliphatic rings. The van der Waals surface area contributed by atoms with Crippen molar-refractivity contribution in [3.05, 3.63) is 0 Å². The molecule has 16 heavy (non-hydrogen) atoms. The van der Waals surface area contributed by atoms with Gasteiger partial charge in [0.15, 0.2) is 0 Å². The van der Waals surface area contributed by atoms with Crippen LogP contribution in [0, 0.1) is 0 Å². The first-order valence-electron chi connectivity index (χ1n) is 5.91. The molecular weight excluding hydrogens is 206 g/mol. The third-order valence-corrected chi connectivity index (χ3v) is 3.53. The van der Waals surface area contributed by atoms with Crippen LogP contribution in [-0.4, -0.2) is 72.8 Å². The van der Waals surface area contributed by atoms with Crippen molar-refractivity contribution in [2.24, 2.45) is 0 Å². The minimum atomic E-state index is -0.194. The van der Waals surface area contributed by atoms with Gasteiger partial charge in [-0.3, -0.25) is 9.59 Å². The van der Waals surface area contributed by atoms with E-state index in [4.69, 9.17) is 0 Å². The fourth-order valence-electron chi connectivity index (χ4n) is 2.42. The van der Waals surface area contributed by atoms with Gasteiger partial charge in [0, 0.05) is 32.7 Å². The Bertz CT molecular complexity index is 274. The van der Waals surface area contributed by atoms with Crippen molar-refractivity contribution in [3.8, 4) is 0 Å². The molecule has 0 N–H and O–H groups in total. The van der Waals surface area contributed by atoms with E-state index in [1.54, 1.807) is 4.90 Å². The molecule has 0 aromatic carbocycles. The molecule has 90 valence electrons. The molecule has 0 aliphatic carbocycles. The van der Waals surface area contributed by atoms with E-state index in [0.29, 0.717) is 0 Å². The van der Waals surface area contributed by atoms with Crippen molar-refractivity contribution >= 4 is 12.3 Å². The lowest BCUT2D eigenvalue weighted by Crippen LogP contribution is -2.52. The lowest BCUT2D eigenvalue weighted by atomic mass is 10.2. The number of hydrogen-bond acceptors (Lipinski definition) is 3. The topological polar surface area (TPSA) is 43.9 Å². The highest BCUT2D eigenvalue weighted by atomic mass is 16.2. The van der Waals surface area contributed by atoms with Crippen LogP contribution in [0.3, 0.4) is 0 Å². The first-order valence-corrected chi connectivity index (χ1v) is 5.91. The maximum Gasteiger partial charge on any atom is 0.245 e. The number of nitrogens with zero attached hydrogens (tertiary/aromatic N) is 3. The van der Waals surface area contributed by atoms with E-state index in [1.165, 1.54) is 0 Å². The number of likely N-dealkylation sites (N-methyl/N-ethyl adjacent to an activating group) is 1. The second kappa shape index (κ2) is 4.82. The Labute approximate surface area is 96.0 Å². The molecule has 0 aromatic rings. The minimum absolute atomic E-state index is 0.137. The number of hydrogen-bond donors (Lipinski definition) is 0. The van der Waals surface area contributed by atoms with Crippen LogP contribution in [0.15, 0.2) is 0 Å². The number of piperazine rings is 1. The summed E-state index contributed by atoms with van der Waals surface area (Å²) in [6.45, 7) is 4.17. The van der Waals surface area contributed by atoms with Crippen molar-refractivity contribution < 1.29 is 9.59 Å². The smallest absolute Gasteiger partial charge is 0.245 e. The zero-order valence-corrected chi connectivity index (χ0v) is 9.76. The second-order valence-corrected chi connectivity index (χ2v) is 4.63. The zero-order chi connectivity index (χ0) is 11.5. The first-order chi connectivity index (χ1) is 7.72. The summed E-state index contributed by atoms with van der Waals surface area (Å²) < 4.78 is 0. The fraction of sp³-hybridized carbons (Fsp3) is 0.818. The van der Waals surface area contributed by atoms with Crippen LogP contribution in [0.25, 0.3) is 0 Å². The molecule has 0 spiro atoms. The number of rotatable bonds is 2. The Morgan fingerprint density at radius 1 is 1.19 bits per heavy atom. The third-order valence-electron chi connectivity index (χ3n) is 3.53. The fourth-order valence-corrected chi connectivity index (χ4v) is 2.42. The molecular formula is C11H19N3O2. The van der Waals surface area contributed by atoms with E-state index in [-0.39, 0.29) is 11.9 Å². The van der Waals surface area contributed by atoms with Gasteiger partial charge in [0.25, 0.3) is 0 Å². The summed E-state index contributed by atoms with van der Waals surface area (Å²) in [6, 6.07) is -0.194. The molecule has 5 heteroatoms. The SMILES string of the molecule is CN1CCN(C(=O)[C@@H]2CCCN2C=O)CC1. The van der Waals surface area contributed by atoms with E-state index < -0.39 is 0 Å². The van der Waals surface area contributed by atoms with Crippen LogP contribution < -0.4 is 0 Å². The van der Waals surface area contributed by atoms with Gasteiger partial charge in [-0.05, 0) is 19.9 Å². The standard InChI is InChI=1S/C11H19N3O2/c1-12-5-7-13(8-6-12)11(16)10-3-2-4-14(10)9-15/h9-10H,2-8H2,1H3/t10-/m0/s1. The molecule has 2 amide bonds. The Morgan fingerprint density at radius 2 is 1.88 bits per heavy atom. The Kier molecular flexibility index (Phi) is 3.43. The zero-order valence-electron chi connectivity index (χ0n) is 9.76. The second-order valence-electron chi connectivity index (χ2n) is 4.63. The van der Waals surface area contributed by atoms with Gasteiger partial charge in [-0.25, -0.2) is 0 Å². The van der Waals surface area contributed by atoms with Gasteiger partial charge in [0.2, 0.25) is 12.3 Å². The highest BCUT2D eigenvalue weighted by molar-refractivity contribution is 5.84. The van der Waals surface area contributed by atoms with E-state index >= 15 is 0 Å². The Morgan fingerprint density at radius 3 is 2.50 bits per heavy atom. The van der Waals surface area contributed by atoms with Crippen LogP contribution in [-0.2, 0) is 9.59 Å². The molecule has 0 aromatic heterocycles. The summed E-state index contributed by atoms with van der Waals surface area (Å²) in [6.07, 6.45) is 2.58. The molecule has 0 bridgehead atoms. The van der Waals surface area contributed by atoms with E-state index in [0.717, 1.165) is 52.0 Å². The Balaban J connectivity index is 1.94. The minimum Gasteiger partial charge on any atom is -0.338 e. The van der Waals surface area contributed by atoms with E-state index in [2.05, 4.69) is 11.9 Å². The van der Waals surface area contributed by atoms with Crippen LogP contribution in [0.1, 0.15) is 12.8 Å². The normalized spacial score (nSPS) is 27.2. The maximum absolute atomic E-state index is 12.2. The average Bonchev–Trinajstić information content (AvgIpc) is 2.77. The predicted octanol–water partition coefficient (Wildman–Crippen LogP) is -0.619. The van der Waals surface area contributed by atoms with E-state index in [1.807, 2.05) is 4.90 Å². The molecule has 0 radical (unpaired) electrons. The largest absolute Gasteiger partial charge is 0.338 e. The highest BCUT2D eigenvalue weighted by Crippen LogP contribution is 2.18. The number of carbonyl (C=O) groups excluding carboxylic acids is 2. The number of likely N-dealkylation sites (tertiary alicyclic amines) is 1. The van der Waals surface area contributed by atoms with Crippen LogP contribution in [0.4, 0.5) is 0 Å². The molecule has 1 atom stereocenters. The van der Waals surface area contributed by atoms with Gasteiger partial charge in [-0.15, -0.1) is 0 Å². The molecule has 2 aliphatic heterocycles. The van der Waals surface area contributed by atoms with Gasteiger partial charge < -0.3 is 14.7 Å². The number of carbonyl (C=O) groups is 2. The summed E-state index contributed by atoms with van der Waals surface area (Å²) in [4.78, 5) is 28.7. The summed E-state index contributed by atoms with van der Waals surface area (Å²) >= 11 is 0. The lowest BCUT2D eigenvalue weighted by Gasteiger charge is -2.35. The monoisotopic (exact) mass is 225 g/mol. The van der Waals surface area contributed by atoms with Crippen molar-refractivity contribution in [1.82, 2.24) is 14.7 Å². The molecule has 0 saturated carbocycles. The maximum atomic E-state index is 12.2. The Hall–Kier alpha value is -1.10. The number of amides is 2. The quantitative estimate of drug-likeness (QED) is 0.588. The van der Waals surface area contributed by atoms with Gasteiger partial charge in [0.1, 0.15) is 6.04 Å². The van der Waals surface area contributed by atoms with Crippen LogP contribution in [0.2, 0.25) is 0 Å². The molecule has 2 saturated heterocycles. The summed E-state index contributed by atoms with van der Waals surface area (Å²) in [7, 11) is 2.06. The summed E-state index contributed by atoms with van der Waals surface area (Å²) in [5.41, 5.74) is 0. The molecule has 2 heterocycles. The van der Waals surface area contributed by atoms with Gasteiger partial charge in [0.05, 0.1) is 0 Å². The van der Waals surface area contributed by atoms with Crippen molar-refractivity contribution in [2.45, 2.75) is 18.9 Å². The third kappa shape index (κ3) is 2.19.